The van der Waals surface area contributed by atoms with Crippen LogP contribution in [0.3, 0.4) is 0 Å². The molecule has 0 aliphatic carbocycles. The largest absolute Gasteiger partial charge is 0.480 e. The number of carboxylic acids is 1. The van der Waals surface area contributed by atoms with Crippen molar-refractivity contribution >= 4 is 28.6 Å². The monoisotopic (exact) mass is 255 g/mol. The van der Waals surface area contributed by atoms with Gasteiger partial charge in [-0.2, -0.15) is 0 Å². The van der Waals surface area contributed by atoms with Crippen LogP contribution in [0.4, 0.5) is 0 Å². The Morgan fingerprint density at radius 1 is 1.90 bits per heavy atom. The summed E-state index contributed by atoms with van der Waals surface area (Å²) in [7, 11) is 0. The van der Waals surface area contributed by atoms with Crippen LogP contribution in [0.5, 0.6) is 0 Å². The van der Waals surface area contributed by atoms with Gasteiger partial charge in [0, 0.05) is 11.5 Å². The number of azide groups is 1. The molecule has 56 valence electrons. The highest BCUT2D eigenvalue weighted by Gasteiger charge is 2.10. The fourth-order valence-electron chi connectivity index (χ4n) is 0.339. The van der Waals surface area contributed by atoms with Crippen LogP contribution in [0.25, 0.3) is 10.4 Å². The molecule has 0 radical (unpaired) electrons. The molecule has 0 saturated carbocycles. The van der Waals surface area contributed by atoms with Crippen LogP contribution >= 0.6 is 22.6 Å². The number of nitrogens with zero attached hydrogens (tertiary/aromatic N) is 3. The number of alkyl halides is 1. The van der Waals surface area contributed by atoms with E-state index in [-0.39, 0.29) is 6.54 Å². The van der Waals surface area contributed by atoms with Crippen molar-refractivity contribution in [2.45, 2.75) is 10.3 Å². The Balaban J connectivity index is 3.48. The van der Waals surface area contributed by atoms with E-state index in [9.17, 15) is 4.79 Å². The number of hydrogen-bond acceptors (Lipinski definition) is 2. The van der Waals surface area contributed by atoms with E-state index in [2.05, 4.69) is 10.0 Å². The number of hydrogen-bond donors (Lipinski definition) is 1. The van der Waals surface area contributed by atoms with Gasteiger partial charge in [-0.05, 0) is 12.0 Å². The summed E-state index contributed by atoms with van der Waals surface area (Å²) in [6.45, 7) is 0.246. The fourth-order valence-corrected chi connectivity index (χ4v) is 0.618. The Morgan fingerprint density at radius 3 is 2.90 bits per heavy atom. The van der Waals surface area contributed by atoms with Gasteiger partial charge in [-0.25, -0.2) is 0 Å². The normalized spacial score (nSPS) is 11.7. The van der Waals surface area contributed by atoms with Crippen LogP contribution < -0.4 is 0 Å². The molecule has 0 aliphatic heterocycles. The lowest BCUT2D eigenvalue weighted by Crippen LogP contribution is -2.12. The van der Waals surface area contributed by atoms with E-state index < -0.39 is 9.89 Å². The Bertz CT molecular complexity index is 166. The maximum absolute atomic E-state index is 10.2. The molecular formula is C4H6IN3O2. The van der Waals surface area contributed by atoms with Gasteiger partial charge < -0.3 is 5.11 Å². The molecule has 0 saturated heterocycles. The quantitative estimate of drug-likeness (QED) is 0.272. The van der Waals surface area contributed by atoms with Crippen molar-refractivity contribution in [3.05, 3.63) is 10.4 Å². The summed E-state index contributed by atoms with van der Waals surface area (Å²) in [6, 6.07) is 0. The predicted molar refractivity (Wildman–Crippen MR) is 44.1 cm³/mol. The molecule has 0 bridgehead atoms. The van der Waals surface area contributed by atoms with Crippen molar-refractivity contribution < 1.29 is 9.90 Å². The van der Waals surface area contributed by atoms with Crippen LogP contribution in [0.1, 0.15) is 6.42 Å². The number of rotatable bonds is 4. The first kappa shape index (κ1) is 9.51. The first-order chi connectivity index (χ1) is 4.68. The minimum Gasteiger partial charge on any atom is -0.480 e. The number of halogens is 1. The van der Waals surface area contributed by atoms with E-state index in [1.54, 1.807) is 22.6 Å². The summed E-state index contributed by atoms with van der Waals surface area (Å²) >= 11 is 1.79. The molecule has 0 aromatic rings. The molecule has 0 heterocycles. The molecule has 1 unspecified atom stereocenters. The van der Waals surface area contributed by atoms with Gasteiger partial charge in [0.2, 0.25) is 0 Å². The molecule has 0 rings (SSSR count). The second kappa shape index (κ2) is 5.31. The molecule has 0 aliphatic rings. The maximum Gasteiger partial charge on any atom is 0.316 e. The Hall–Kier alpha value is -0.490. The van der Waals surface area contributed by atoms with Gasteiger partial charge in [0.15, 0.2) is 0 Å². The van der Waals surface area contributed by atoms with Gasteiger partial charge in [-0.1, -0.05) is 27.7 Å². The van der Waals surface area contributed by atoms with E-state index in [0.717, 1.165) is 0 Å². The van der Waals surface area contributed by atoms with Crippen molar-refractivity contribution in [3.8, 4) is 0 Å². The Labute approximate surface area is 71.2 Å². The predicted octanol–water partition coefficient (Wildman–Crippen LogP) is 1.58. The number of carbonyl (C=O) groups is 1. The SMILES string of the molecule is [N-]=[N+]=NCCC(I)C(=O)O. The van der Waals surface area contributed by atoms with Crippen LogP contribution in [-0.2, 0) is 4.79 Å². The average Bonchev–Trinajstić information content (AvgIpc) is 1.88. The zero-order valence-corrected chi connectivity index (χ0v) is 7.22. The number of carboxylic acid groups (broad SMARTS) is 1. The van der Waals surface area contributed by atoms with Gasteiger partial charge >= 0.3 is 5.97 Å². The van der Waals surface area contributed by atoms with Crippen LogP contribution in [0.15, 0.2) is 5.11 Å². The first-order valence-electron chi connectivity index (χ1n) is 2.56. The fraction of sp³-hybridized carbons (Fsp3) is 0.750. The summed E-state index contributed by atoms with van der Waals surface area (Å²) in [5.74, 6) is -0.867. The van der Waals surface area contributed by atoms with Crippen molar-refractivity contribution in [3.63, 3.8) is 0 Å². The molecule has 0 spiro atoms. The van der Waals surface area contributed by atoms with E-state index in [4.69, 9.17) is 10.6 Å². The molecule has 6 heteroatoms. The third-order valence-electron chi connectivity index (χ3n) is 0.814. The van der Waals surface area contributed by atoms with E-state index in [0.29, 0.717) is 6.42 Å². The van der Waals surface area contributed by atoms with Gasteiger partial charge in [-0.3, -0.25) is 4.79 Å². The van der Waals surface area contributed by atoms with Crippen molar-refractivity contribution in [2.24, 2.45) is 5.11 Å². The molecule has 10 heavy (non-hydrogen) atoms. The number of aliphatic carboxylic acids is 1. The lowest BCUT2D eigenvalue weighted by atomic mass is 10.3. The molecule has 0 amide bonds. The molecule has 0 aromatic heterocycles. The van der Waals surface area contributed by atoms with Gasteiger partial charge in [0.1, 0.15) is 3.92 Å². The third-order valence-corrected chi connectivity index (χ3v) is 1.97. The molecule has 0 fully saturated rings. The zero-order chi connectivity index (χ0) is 7.98. The highest BCUT2D eigenvalue weighted by atomic mass is 127. The van der Waals surface area contributed by atoms with E-state index in [1.165, 1.54) is 0 Å². The average molecular weight is 255 g/mol. The Morgan fingerprint density at radius 2 is 2.50 bits per heavy atom. The lowest BCUT2D eigenvalue weighted by molar-refractivity contribution is -0.136. The zero-order valence-electron chi connectivity index (χ0n) is 5.07. The van der Waals surface area contributed by atoms with E-state index in [1.807, 2.05) is 0 Å². The first-order valence-corrected chi connectivity index (χ1v) is 3.80. The van der Waals surface area contributed by atoms with Crippen molar-refractivity contribution in [1.82, 2.24) is 0 Å². The summed E-state index contributed by atoms with van der Waals surface area (Å²) in [5.41, 5.74) is 7.83. The van der Waals surface area contributed by atoms with Crippen molar-refractivity contribution in [1.29, 1.82) is 0 Å². The summed E-state index contributed by atoms with van der Waals surface area (Å²) in [5, 5.41) is 11.5. The van der Waals surface area contributed by atoms with Gasteiger partial charge in [0.25, 0.3) is 0 Å². The molecule has 1 atom stereocenters. The van der Waals surface area contributed by atoms with Crippen LogP contribution in [-0.4, -0.2) is 21.5 Å². The standard InChI is InChI=1S/C4H6IN3O2/c5-3(4(9)10)1-2-7-8-6/h3H,1-2H2,(H,9,10). The van der Waals surface area contributed by atoms with Crippen LogP contribution in [0, 0.1) is 0 Å². The van der Waals surface area contributed by atoms with Crippen molar-refractivity contribution in [2.75, 3.05) is 6.54 Å². The highest BCUT2D eigenvalue weighted by molar-refractivity contribution is 14.1. The lowest BCUT2D eigenvalue weighted by Gasteiger charge is -1.98. The smallest absolute Gasteiger partial charge is 0.316 e. The van der Waals surface area contributed by atoms with Gasteiger partial charge in [-0.15, -0.1) is 0 Å². The second-order valence-electron chi connectivity index (χ2n) is 1.55. The third kappa shape index (κ3) is 4.39. The van der Waals surface area contributed by atoms with Gasteiger partial charge in [0.05, 0.1) is 0 Å². The molecule has 1 N–H and O–H groups in total. The maximum atomic E-state index is 10.2. The Kier molecular flexibility index (Phi) is 5.05. The van der Waals surface area contributed by atoms with Crippen LogP contribution in [0.2, 0.25) is 0 Å². The summed E-state index contributed by atoms with van der Waals surface area (Å²) in [6.07, 6.45) is 0.389. The minimum atomic E-state index is -0.867. The van der Waals surface area contributed by atoms with E-state index >= 15 is 0 Å². The summed E-state index contributed by atoms with van der Waals surface area (Å²) < 4.78 is -0.455. The molecular weight excluding hydrogens is 249 g/mol. The molecule has 0 aromatic carbocycles. The minimum absolute atomic E-state index is 0.246. The molecule has 5 nitrogen and oxygen atoms in total. The highest BCUT2D eigenvalue weighted by Crippen LogP contribution is 2.05. The summed E-state index contributed by atoms with van der Waals surface area (Å²) in [4.78, 5) is 12.6. The topological polar surface area (TPSA) is 86.1 Å². The second-order valence-corrected chi connectivity index (χ2v) is 3.05.